The highest BCUT2D eigenvalue weighted by atomic mass is 79.9. The van der Waals surface area contributed by atoms with Crippen molar-refractivity contribution < 1.29 is 9.18 Å². The summed E-state index contributed by atoms with van der Waals surface area (Å²) < 4.78 is 14.4. The van der Waals surface area contributed by atoms with Crippen molar-refractivity contribution in [3.63, 3.8) is 0 Å². The number of hydrogen-bond acceptors (Lipinski definition) is 1. The molecule has 0 fully saturated rings. The van der Waals surface area contributed by atoms with Crippen molar-refractivity contribution in [1.29, 1.82) is 0 Å². The highest BCUT2D eigenvalue weighted by molar-refractivity contribution is 9.10. The smallest absolute Gasteiger partial charge is 0.251 e. The molecule has 0 aliphatic carbocycles. The molecule has 0 spiro atoms. The molecule has 1 unspecified atom stereocenters. The molecule has 0 aliphatic rings. The van der Waals surface area contributed by atoms with Crippen LogP contribution in [0.4, 0.5) is 4.39 Å². The number of carbonyl (C=O) groups excluding carboxylic acids is 1. The van der Waals surface area contributed by atoms with Crippen molar-refractivity contribution >= 4 is 33.4 Å². The number of amides is 1. The van der Waals surface area contributed by atoms with Gasteiger partial charge in [-0.15, -0.1) is 0 Å². The Morgan fingerprint density at radius 3 is 2.65 bits per heavy atom. The Morgan fingerprint density at radius 2 is 2.00 bits per heavy atom. The summed E-state index contributed by atoms with van der Waals surface area (Å²) in [6, 6.07) is 10.9. The average molecular weight is 357 g/mol. The molecule has 2 rings (SSSR count). The van der Waals surface area contributed by atoms with Gasteiger partial charge in [-0.1, -0.05) is 45.7 Å². The molecule has 0 heterocycles. The lowest BCUT2D eigenvalue weighted by atomic mass is 10.1. The van der Waals surface area contributed by atoms with Gasteiger partial charge in [0.2, 0.25) is 0 Å². The quantitative estimate of drug-likeness (QED) is 0.846. The summed E-state index contributed by atoms with van der Waals surface area (Å²) in [7, 11) is 0. The van der Waals surface area contributed by atoms with E-state index >= 15 is 0 Å². The topological polar surface area (TPSA) is 29.1 Å². The minimum atomic E-state index is -0.429. The first-order valence-corrected chi connectivity index (χ1v) is 7.16. The molecule has 1 atom stereocenters. The second-order valence-electron chi connectivity index (χ2n) is 4.37. The highest BCUT2D eigenvalue weighted by Crippen LogP contribution is 2.21. The van der Waals surface area contributed by atoms with Crippen LogP contribution < -0.4 is 5.32 Å². The van der Waals surface area contributed by atoms with Gasteiger partial charge in [0.25, 0.3) is 5.91 Å². The summed E-state index contributed by atoms with van der Waals surface area (Å²) in [4.78, 5) is 12.1. The summed E-state index contributed by atoms with van der Waals surface area (Å²) in [6.07, 6.45) is 0. The molecule has 104 valence electrons. The van der Waals surface area contributed by atoms with Gasteiger partial charge < -0.3 is 5.32 Å². The van der Waals surface area contributed by atoms with E-state index in [9.17, 15) is 9.18 Å². The standard InChI is InChI=1S/C15H12BrClFNO/c1-9(13-4-2-3-5-14(13)18)19-15(20)10-6-11(16)8-12(17)7-10/h2-9H,1H3,(H,19,20). The molecule has 1 N–H and O–H groups in total. The van der Waals surface area contributed by atoms with Gasteiger partial charge in [-0.3, -0.25) is 4.79 Å². The molecule has 2 nitrogen and oxygen atoms in total. The van der Waals surface area contributed by atoms with Crippen LogP contribution >= 0.6 is 27.5 Å². The Labute approximate surface area is 130 Å². The fourth-order valence-electron chi connectivity index (χ4n) is 1.87. The molecule has 2 aromatic carbocycles. The molecule has 20 heavy (non-hydrogen) atoms. The zero-order chi connectivity index (χ0) is 14.7. The van der Waals surface area contributed by atoms with E-state index in [0.717, 1.165) is 0 Å². The predicted octanol–water partition coefficient (Wildman–Crippen LogP) is 4.73. The van der Waals surface area contributed by atoms with Gasteiger partial charge in [0.05, 0.1) is 6.04 Å². The van der Waals surface area contributed by atoms with Gasteiger partial charge in [0.15, 0.2) is 0 Å². The minimum Gasteiger partial charge on any atom is -0.345 e. The molecule has 5 heteroatoms. The zero-order valence-electron chi connectivity index (χ0n) is 10.7. The van der Waals surface area contributed by atoms with Crippen LogP contribution in [0.2, 0.25) is 5.02 Å². The minimum absolute atomic E-state index is 0.302. The molecule has 0 saturated carbocycles. The van der Waals surface area contributed by atoms with Gasteiger partial charge in [0.1, 0.15) is 5.82 Å². The molecule has 0 aliphatic heterocycles. The molecule has 1 amide bonds. The van der Waals surface area contributed by atoms with Crippen molar-refractivity contribution in [3.05, 3.63) is 68.9 Å². The van der Waals surface area contributed by atoms with Crippen molar-refractivity contribution in [1.82, 2.24) is 5.32 Å². The Hall–Kier alpha value is -1.39. The lowest BCUT2D eigenvalue weighted by Gasteiger charge is -2.15. The first-order valence-electron chi connectivity index (χ1n) is 5.99. The van der Waals surface area contributed by atoms with Crippen LogP contribution in [0.5, 0.6) is 0 Å². The summed E-state index contributed by atoms with van der Waals surface area (Å²) in [5.41, 5.74) is 0.870. The van der Waals surface area contributed by atoms with E-state index in [-0.39, 0.29) is 11.7 Å². The van der Waals surface area contributed by atoms with Crippen LogP contribution in [-0.2, 0) is 0 Å². The predicted molar refractivity (Wildman–Crippen MR) is 81.4 cm³/mol. The Balaban J connectivity index is 2.17. The lowest BCUT2D eigenvalue weighted by molar-refractivity contribution is 0.0939. The van der Waals surface area contributed by atoms with Crippen LogP contribution in [0.15, 0.2) is 46.9 Å². The maximum absolute atomic E-state index is 13.6. The number of rotatable bonds is 3. The van der Waals surface area contributed by atoms with Crippen LogP contribution in [0.25, 0.3) is 0 Å². The first-order chi connectivity index (χ1) is 9.47. The van der Waals surface area contributed by atoms with E-state index < -0.39 is 6.04 Å². The molecule has 0 aromatic heterocycles. The van der Waals surface area contributed by atoms with E-state index in [4.69, 9.17) is 11.6 Å². The van der Waals surface area contributed by atoms with E-state index in [0.29, 0.717) is 20.6 Å². The van der Waals surface area contributed by atoms with Crippen molar-refractivity contribution in [2.24, 2.45) is 0 Å². The Bertz CT molecular complexity index is 627. The third-order valence-corrected chi connectivity index (χ3v) is 3.52. The number of nitrogens with one attached hydrogen (secondary N) is 1. The second-order valence-corrected chi connectivity index (χ2v) is 5.73. The second kappa shape index (κ2) is 6.37. The van der Waals surface area contributed by atoms with Gasteiger partial charge in [-0.25, -0.2) is 4.39 Å². The molecular weight excluding hydrogens is 345 g/mol. The summed E-state index contributed by atoms with van der Waals surface area (Å²) in [5, 5.41) is 3.21. The molecule has 0 bridgehead atoms. The van der Waals surface area contributed by atoms with E-state index in [1.54, 1.807) is 43.3 Å². The largest absolute Gasteiger partial charge is 0.345 e. The maximum Gasteiger partial charge on any atom is 0.251 e. The SMILES string of the molecule is CC(NC(=O)c1cc(Cl)cc(Br)c1)c1ccccc1F. The van der Waals surface area contributed by atoms with Gasteiger partial charge in [0, 0.05) is 20.6 Å². The van der Waals surface area contributed by atoms with Crippen molar-refractivity contribution in [2.75, 3.05) is 0 Å². The monoisotopic (exact) mass is 355 g/mol. The van der Waals surface area contributed by atoms with Crippen LogP contribution in [-0.4, -0.2) is 5.91 Å². The third-order valence-electron chi connectivity index (χ3n) is 2.84. The Morgan fingerprint density at radius 1 is 1.30 bits per heavy atom. The van der Waals surface area contributed by atoms with E-state index in [1.165, 1.54) is 6.07 Å². The zero-order valence-corrected chi connectivity index (χ0v) is 13.0. The van der Waals surface area contributed by atoms with Crippen molar-refractivity contribution in [3.8, 4) is 0 Å². The normalized spacial score (nSPS) is 12.0. The number of halogens is 3. The van der Waals surface area contributed by atoms with Crippen LogP contribution in [0.3, 0.4) is 0 Å². The highest BCUT2D eigenvalue weighted by Gasteiger charge is 2.15. The van der Waals surface area contributed by atoms with E-state index in [2.05, 4.69) is 21.2 Å². The number of hydrogen-bond donors (Lipinski definition) is 1. The first kappa shape index (κ1) is 15.0. The molecule has 0 radical (unpaired) electrons. The summed E-state index contributed by atoms with van der Waals surface area (Å²) >= 11 is 9.18. The maximum atomic E-state index is 13.6. The average Bonchev–Trinajstić information content (AvgIpc) is 2.37. The fourth-order valence-corrected chi connectivity index (χ4v) is 2.73. The van der Waals surface area contributed by atoms with Gasteiger partial charge >= 0.3 is 0 Å². The fraction of sp³-hybridized carbons (Fsp3) is 0.133. The van der Waals surface area contributed by atoms with Crippen LogP contribution in [0, 0.1) is 5.82 Å². The van der Waals surface area contributed by atoms with Crippen molar-refractivity contribution in [2.45, 2.75) is 13.0 Å². The molecular formula is C15H12BrClFNO. The van der Waals surface area contributed by atoms with E-state index in [1.807, 2.05) is 0 Å². The summed E-state index contributed by atoms with van der Waals surface area (Å²) in [5.74, 6) is -0.642. The third kappa shape index (κ3) is 3.58. The molecule has 2 aromatic rings. The Kier molecular flexibility index (Phi) is 4.78. The van der Waals surface area contributed by atoms with Gasteiger partial charge in [-0.2, -0.15) is 0 Å². The lowest BCUT2D eigenvalue weighted by Crippen LogP contribution is -2.27. The summed E-state index contributed by atoms with van der Waals surface area (Å²) in [6.45, 7) is 1.73. The molecule has 0 saturated heterocycles. The van der Waals surface area contributed by atoms with Crippen LogP contribution in [0.1, 0.15) is 28.9 Å². The van der Waals surface area contributed by atoms with Gasteiger partial charge in [-0.05, 0) is 31.2 Å². The number of carbonyl (C=O) groups is 1. The number of benzene rings is 2.